The molecule has 1 aromatic heterocycles. The van der Waals surface area contributed by atoms with Gasteiger partial charge in [-0.3, -0.25) is 0 Å². The minimum atomic E-state index is 0.534. The summed E-state index contributed by atoms with van der Waals surface area (Å²) in [6.07, 6.45) is 3.25. The zero-order valence-electron chi connectivity index (χ0n) is 9.68. The van der Waals surface area contributed by atoms with Crippen molar-refractivity contribution in [2.45, 2.75) is 0 Å². The van der Waals surface area contributed by atoms with Crippen LogP contribution in [0, 0.1) is 0 Å². The van der Waals surface area contributed by atoms with Crippen molar-refractivity contribution in [3.8, 4) is 11.5 Å². The summed E-state index contributed by atoms with van der Waals surface area (Å²) in [5.41, 5.74) is 0.867. The van der Waals surface area contributed by atoms with Gasteiger partial charge in [0, 0.05) is 21.6 Å². The van der Waals surface area contributed by atoms with Crippen LogP contribution in [0.5, 0.6) is 11.5 Å². The van der Waals surface area contributed by atoms with E-state index in [0.717, 1.165) is 10.9 Å². The van der Waals surface area contributed by atoms with E-state index >= 15 is 0 Å². The Morgan fingerprint density at radius 1 is 0.895 bits per heavy atom. The largest absolute Gasteiger partial charge is 0.457 e. The van der Waals surface area contributed by atoms with Crippen LogP contribution in [0.15, 0.2) is 48.9 Å². The van der Waals surface area contributed by atoms with Gasteiger partial charge in [-0.1, -0.05) is 23.2 Å². The number of aromatic nitrogens is 2. The molecule has 0 saturated carbocycles. The molecule has 3 nitrogen and oxygen atoms in total. The van der Waals surface area contributed by atoms with Gasteiger partial charge in [0.15, 0.2) is 0 Å². The standard InChI is InChI=1S/C14H8Cl2N2O/c15-10-4-11(16)6-13(5-10)19-12-1-2-14-9(3-12)7-17-8-18-14/h1-8H. The highest BCUT2D eigenvalue weighted by molar-refractivity contribution is 6.34. The molecule has 2 aromatic carbocycles. The highest BCUT2D eigenvalue weighted by Crippen LogP contribution is 2.29. The average Bonchev–Trinajstić information content (AvgIpc) is 2.37. The lowest BCUT2D eigenvalue weighted by atomic mass is 10.2. The third-order valence-electron chi connectivity index (χ3n) is 2.55. The van der Waals surface area contributed by atoms with E-state index in [1.54, 1.807) is 24.4 Å². The van der Waals surface area contributed by atoms with E-state index in [1.165, 1.54) is 6.33 Å². The molecule has 0 aliphatic heterocycles. The Morgan fingerprint density at radius 2 is 1.68 bits per heavy atom. The van der Waals surface area contributed by atoms with Crippen LogP contribution in [0.2, 0.25) is 10.0 Å². The summed E-state index contributed by atoms with van der Waals surface area (Å²) in [6.45, 7) is 0. The molecular weight excluding hydrogens is 283 g/mol. The second-order valence-corrected chi connectivity index (χ2v) is 4.82. The normalized spacial score (nSPS) is 10.6. The quantitative estimate of drug-likeness (QED) is 0.684. The van der Waals surface area contributed by atoms with Gasteiger partial charge in [0.05, 0.1) is 5.52 Å². The molecule has 3 rings (SSSR count). The maximum absolute atomic E-state index is 5.93. The molecule has 0 fully saturated rings. The number of rotatable bonds is 2. The van der Waals surface area contributed by atoms with Gasteiger partial charge < -0.3 is 4.74 Å². The van der Waals surface area contributed by atoms with Gasteiger partial charge in [-0.15, -0.1) is 0 Å². The van der Waals surface area contributed by atoms with Crippen molar-refractivity contribution in [1.29, 1.82) is 0 Å². The predicted octanol–water partition coefficient (Wildman–Crippen LogP) is 4.73. The van der Waals surface area contributed by atoms with Crippen LogP contribution >= 0.6 is 23.2 Å². The molecule has 19 heavy (non-hydrogen) atoms. The zero-order chi connectivity index (χ0) is 13.2. The molecular formula is C14H8Cl2N2O. The maximum Gasteiger partial charge on any atom is 0.130 e. The Morgan fingerprint density at radius 3 is 2.47 bits per heavy atom. The van der Waals surface area contributed by atoms with Gasteiger partial charge in [-0.05, 0) is 36.4 Å². The Kier molecular flexibility index (Phi) is 3.23. The van der Waals surface area contributed by atoms with E-state index in [2.05, 4.69) is 9.97 Å². The van der Waals surface area contributed by atoms with Crippen molar-refractivity contribution in [1.82, 2.24) is 9.97 Å². The van der Waals surface area contributed by atoms with Crippen molar-refractivity contribution in [2.75, 3.05) is 0 Å². The number of fused-ring (bicyclic) bond motifs is 1. The molecule has 94 valence electrons. The van der Waals surface area contributed by atoms with Crippen molar-refractivity contribution in [3.05, 3.63) is 59.0 Å². The number of halogens is 2. The highest BCUT2D eigenvalue weighted by atomic mass is 35.5. The van der Waals surface area contributed by atoms with Crippen LogP contribution in [0.25, 0.3) is 10.9 Å². The van der Waals surface area contributed by atoms with Crippen molar-refractivity contribution < 1.29 is 4.74 Å². The molecule has 0 spiro atoms. The van der Waals surface area contributed by atoms with E-state index in [9.17, 15) is 0 Å². The third kappa shape index (κ3) is 2.78. The fourth-order valence-electron chi connectivity index (χ4n) is 1.75. The summed E-state index contributed by atoms with van der Waals surface area (Å²) in [5, 5.41) is 1.98. The molecule has 3 aromatic rings. The minimum absolute atomic E-state index is 0.534. The fraction of sp³-hybridized carbons (Fsp3) is 0. The number of hydrogen-bond acceptors (Lipinski definition) is 3. The first-order valence-corrected chi connectivity index (χ1v) is 6.30. The second kappa shape index (κ2) is 5.03. The molecule has 0 atom stereocenters. The Labute approximate surface area is 119 Å². The van der Waals surface area contributed by atoms with Crippen LogP contribution in [0.3, 0.4) is 0 Å². The van der Waals surface area contributed by atoms with Gasteiger partial charge in [-0.25, -0.2) is 9.97 Å². The number of benzene rings is 2. The Hall–Kier alpha value is -1.84. The summed E-state index contributed by atoms with van der Waals surface area (Å²) >= 11 is 11.9. The van der Waals surface area contributed by atoms with Crippen molar-refractivity contribution >= 4 is 34.1 Å². The van der Waals surface area contributed by atoms with Gasteiger partial charge in [0.25, 0.3) is 0 Å². The van der Waals surface area contributed by atoms with Gasteiger partial charge in [-0.2, -0.15) is 0 Å². The molecule has 0 amide bonds. The second-order valence-electron chi connectivity index (χ2n) is 3.95. The lowest BCUT2D eigenvalue weighted by molar-refractivity contribution is 0.483. The first kappa shape index (κ1) is 12.2. The Bertz CT molecular complexity index is 726. The lowest BCUT2D eigenvalue weighted by Crippen LogP contribution is -1.86. The van der Waals surface area contributed by atoms with Crippen LogP contribution in [0.1, 0.15) is 0 Å². The van der Waals surface area contributed by atoms with E-state index in [-0.39, 0.29) is 0 Å². The smallest absolute Gasteiger partial charge is 0.130 e. The Balaban J connectivity index is 1.96. The molecule has 0 saturated heterocycles. The van der Waals surface area contributed by atoms with E-state index < -0.39 is 0 Å². The first-order valence-electron chi connectivity index (χ1n) is 5.54. The van der Waals surface area contributed by atoms with Gasteiger partial charge in [0.1, 0.15) is 17.8 Å². The number of ether oxygens (including phenoxy) is 1. The SMILES string of the molecule is Clc1cc(Cl)cc(Oc2ccc3ncncc3c2)c1. The molecule has 0 N–H and O–H groups in total. The average molecular weight is 291 g/mol. The van der Waals surface area contributed by atoms with Crippen molar-refractivity contribution in [2.24, 2.45) is 0 Å². The minimum Gasteiger partial charge on any atom is -0.457 e. The summed E-state index contributed by atoms with van der Waals surface area (Å²) in [6, 6.07) is 10.6. The summed E-state index contributed by atoms with van der Waals surface area (Å²) in [7, 11) is 0. The van der Waals surface area contributed by atoms with E-state index in [0.29, 0.717) is 21.5 Å². The van der Waals surface area contributed by atoms with E-state index in [4.69, 9.17) is 27.9 Å². The van der Waals surface area contributed by atoms with Crippen LogP contribution < -0.4 is 4.74 Å². The molecule has 0 bridgehead atoms. The maximum atomic E-state index is 5.93. The topological polar surface area (TPSA) is 35.0 Å². The first-order chi connectivity index (χ1) is 9.20. The van der Waals surface area contributed by atoms with Gasteiger partial charge >= 0.3 is 0 Å². The summed E-state index contributed by atoms with van der Waals surface area (Å²) < 4.78 is 5.72. The van der Waals surface area contributed by atoms with Crippen LogP contribution in [0.4, 0.5) is 0 Å². The highest BCUT2D eigenvalue weighted by Gasteiger charge is 2.03. The zero-order valence-corrected chi connectivity index (χ0v) is 11.2. The summed E-state index contributed by atoms with van der Waals surface area (Å²) in [4.78, 5) is 8.13. The number of hydrogen-bond donors (Lipinski definition) is 0. The molecule has 0 aliphatic rings. The van der Waals surface area contributed by atoms with Gasteiger partial charge in [0.2, 0.25) is 0 Å². The lowest BCUT2D eigenvalue weighted by Gasteiger charge is -2.07. The fourth-order valence-corrected chi connectivity index (χ4v) is 2.26. The van der Waals surface area contributed by atoms with E-state index in [1.807, 2.05) is 18.2 Å². The van der Waals surface area contributed by atoms with Crippen LogP contribution in [-0.4, -0.2) is 9.97 Å². The monoisotopic (exact) mass is 290 g/mol. The number of nitrogens with zero attached hydrogens (tertiary/aromatic N) is 2. The molecule has 0 radical (unpaired) electrons. The third-order valence-corrected chi connectivity index (χ3v) is 2.98. The molecule has 0 unspecified atom stereocenters. The predicted molar refractivity (Wildman–Crippen MR) is 76.1 cm³/mol. The van der Waals surface area contributed by atoms with Crippen LogP contribution in [-0.2, 0) is 0 Å². The molecule has 5 heteroatoms. The van der Waals surface area contributed by atoms with Crippen molar-refractivity contribution in [3.63, 3.8) is 0 Å². The molecule has 0 aliphatic carbocycles. The summed E-state index contributed by atoms with van der Waals surface area (Å²) in [5.74, 6) is 1.27. The molecule has 1 heterocycles.